The molecule has 0 radical (unpaired) electrons. The minimum Gasteiger partial charge on any atom is -0.460 e. The first kappa shape index (κ1) is 19.7. The van der Waals surface area contributed by atoms with Crippen LogP contribution in [0.15, 0.2) is 30.3 Å². The number of carbonyl (C=O) groups excluding carboxylic acids is 2. The Morgan fingerprint density at radius 2 is 1.78 bits per heavy atom. The van der Waals surface area contributed by atoms with E-state index < -0.39 is 29.7 Å². The molecule has 27 heavy (non-hydrogen) atoms. The van der Waals surface area contributed by atoms with Gasteiger partial charge in [-0.25, -0.2) is 4.79 Å². The van der Waals surface area contributed by atoms with Gasteiger partial charge in [0.25, 0.3) is 0 Å². The molecule has 148 valence electrons. The molecule has 4 atom stereocenters. The van der Waals surface area contributed by atoms with E-state index in [0.717, 1.165) is 12.0 Å². The fourth-order valence-corrected chi connectivity index (χ4v) is 4.11. The van der Waals surface area contributed by atoms with Crippen molar-refractivity contribution in [2.45, 2.75) is 76.9 Å². The van der Waals surface area contributed by atoms with Crippen LogP contribution in [0.1, 0.15) is 52.0 Å². The van der Waals surface area contributed by atoms with Crippen molar-refractivity contribution < 1.29 is 24.2 Å². The number of rotatable bonds is 3. The summed E-state index contributed by atoms with van der Waals surface area (Å²) in [4.78, 5) is 27.2. The van der Waals surface area contributed by atoms with Crippen LogP contribution in [-0.4, -0.2) is 45.9 Å². The third-order valence-electron chi connectivity index (χ3n) is 5.27. The summed E-state index contributed by atoms with van der Waals surface area (Å²) in [6.07, 6.45) is 1.40. The molecule has 2 heterocycles. The average Bonchev–Trinajstić information content (AvgIpc) is 2.93. The van der Waals surface area contributed by atoms with Crippen LogP contribution in [0.25, 0.3) is 0 Å². The average molecular weight is 375 g/mol. The Kier molecular flexibility index (Phi) is 5.75. The van der Waals surface area contributed by atoms with Gasteiger partial charge in [0.1, 0.15) is 18.1 Å². The molecule has 1 aromatic carbocycles. The van der Waals surface area contributed by atoms with Gasteiger partial charge < -0.3 is 19.5 Å². The number of amides is 1. The molecule has 2 bridgehead atoms. The molecule has 2 saturated heterocycles. The number of hydrogen-bond donors (Lipinski definition) is 1. The van der Waals surface area contributed by atoms with Gasteiger partial charge in [0.15, 0.2) is 0 Å². The maximum Gasteiger partial charge on any atom is 0.410 e. The van der Waals surface area contributed by atoms with Gasteiger partial charge in [0.2, 0.25) is 0 Å². The highest BCUT2D eigenvalue weighted by molar-refractivity contribution is 5.77. The lowest BCUT2D eigenvalue weighted by Crippen LogP contribution is -2.49. The minimum atomic E-state index is -0.806. The molecular formula is C21H29NO5. The number of nitrogens with zero attached hydrogens (tertiary/aromatic N) is 1. The zero-order chi connectivity index (χ0) is 19.6. The van der Waals surface area contributed by atoms with Crippen molar-refractivity contribution in [1.82, 2.24) is 4.90 Å². The molecule has 1 N–H and O–H groups in total. The molecule has 6 heteroatoms. The second kappa shape index (κ2) is 7.89. The number of ether oxygens (including phenoxy) is 2. The van der Waals surface area contributed by atoms with E-state index in [1.54, 1.807) is 25.7 Å². The van der Waals surface area contributed by atoms with Crippen molar-refractivity contribution in [1.29, 1.82) is 0 Å². The minimum absolute atomic E-state index is 0.000333. The van der Waals surface area contributed by atoms with Crippen molar-refractivity contribution in [2.75, 3.05) is 0 Å². The van der Waals surface area contributed by atoms with Gasteiger partial charge in [-0.3, -0.25) is 4.79 Å². The van der Waals surface area contributed by atoms with Crippen molar-refractivity contribution >= 4 is 12.1 Å². The van der Waals surface area contributed by atoms with E-state index in [1.165, 1.54) is 0 Å². The van der Waals surface area contributed by atoms with Gasteiger partial charge in [0, 0.05) is 6.04 Å². The number of fused-ring (bicyclic) bond motifs is 2. The lowest BCUT2D eigenvalue weighted by atomic mass is 9.88. The molecule has 6 nitrogen and oxygen atoms in total. The summed E-state index contributed by atoms with van der Waals surface area (Å²) in [5.41, 5.74) is 0.275. The molecule has 2 aliphatic rings. The highest BCUT2D eigenvalue weighted by atomic mass is 16.6. The van der Waals surface area contributed by atoms with Gasteiger partial charge in [-0.1, -0.05) is 30.3 Å². The van der Waals surface area contributed by atoms with Gasteiger partial charge in [-0.05, 0) is 52.0 Å². The van der Waals surface area contributed by atoms with Crippen LogP contribution in [0, 0.1) is 5.92 Å². The lowest BCUT2D eigenvalue weighted by molar-refractivity contribution is -0.166. The first-order valence-electron chi connectivity index (χ1n) is 9.66. The normalized spacial score (nSPS) is 27.8. The number of hydrogen-bond acceptors (Lipinski definition) is 5. The molecule has 0 spiro atoms. The van der Waals surface area contributed by atoms with Crippen LogP contribution in [0.2, 0.25) is 0 Å². The van der Waals surface area contributed by atoms with Crippen LogP contribution < -0.4 is 0 Å². The number of benzene rings is 1. The van der Waals surface area contributed by atoms with Gasteiger partial charge in [-0.15, -0.1) is 0 Å². The van der Waals surface area contributed by atoms with Crippen molar-refractivity contribution in [3.8, 4) is 0 Å². The second-order valence-corrected chi connectivity index (χ2v) is 8.45. The number of carbonyl (C=O) groups is 2. The Bertz CT molecular complexity index is 669. The summed E-state index contributed by atoms with van der Waals surface area (Å²) in [5.74, 6) is -1.18. The summed E-state index contributed by atoms with van der Waals surface area (Å²) in [5, 5.41) is 10.6. The third-order valence-corrected chi connectivity index (χ3v) is 5.27. The first-order valence-corrected chi connectivity index (χ1v) is 9.66. The Morgan fingerprint density at radius 3 is 2.44 bits per heavy atom. The topological polar surface area (TPSA) is 76.1 Å². The first-order chi connectivity index (χ1) is 12.8. The van der Waals surface area contributed by atoms with Crippen molar-refractivity contribution in [2.24, 2.45) is 5.92 Å². The zero-order valence-corrected chi connectivity index (χ0v) is 16.3. The Hall–Kier alpha value is -2.08. The van der Waals surface area contributed by atoms with Gasteiger partial charge in [-0.2, -0.15) is 0 Å². The standard InChI is InChI=1S/C21H29NO5/c1-21(2,3)27-19(24)18-16-11-9-15(10-12-17(18)23)22(16)20(25)26-13-14-7-5-4-6-8-14/h4-8,15-18,23H,9-13H2,1-3H3/t15-,16+,17+,18-/m0/s1. The summed E-state index contributed by atoms with van der Waals surface area (Å²) < 4.78 is 11.1. The second-order valence-electron chi connectivity index (χ2n) is 8.45. The number of aliphatic hydroxyl groups excluding tert-OH is 1. The predicted octanol–water partition coefficient (Wildman–Crippen LogP) is 3.27. The van der Waals surface area contributed by atoms with E-state index in [0.29, 0.717) is 19.3 Å². The molecule has 2 fully saturated rings. The molecule has 3 rings (SSSR count). The Balaban J connectivity index is 1.74. The van der Waals surface area contributed by atoms with Gasteiger partial charge >= 0.3 is 12.1 Å². The molecule has 1 aromatic rings. The summed E-state index contributed by atoms with van der Waals surface area (Å²) in [6.45, 7) is 5.60. The van der Waals surface area contributed by atoms with E-state index >= 15 is 0 Å². The molecule has 0 aliphatic carbocycles. The molecule has 1 amide bonds. The molecule has 2 aliphatic heterocycles. The quantitative estimate of drug-likeness (QED) is 0.821. The smallest absolute Gasteiger partial charge is 0.410 e. The number of esters is 1. The molecular weight excluding hydrogens is 346 g/mol. The van der Waals surface area contributed by atoms with Crippen LogP contribution in [0.3, 0.4) is 0 Å². The monoisotopic (exact) mass is 375 g/mol. The van der Waals surface area contributed by atoms with Crippen LogP contribution in [0.5, 0.6) is 0 Å². The van der Waals surface area contributed by atoms with E-state index in [4.69, 9.17) is 9.47 Å². The Morgan fingerprint density at radius 1 is 1.11 bits per heavy atom. The molecule has 0 aromatic heterocycles. The molecule has 0 saturated carbocycles. The van der Waals surface area contributed by atoms with Crippen molar-refractivity contribution in [3.05, 3.63) is 35.9 Å². The highest BCUT2D eigenvalue weighted by Gasteiger charge is 2.50. The van der Waals surface area contributed by atoms with Gasteiger partial charge in [0.05, 0.1) is 12.1 Å². The third kappa shape index (κ3) is 4.61. The zero-order valence-electron chi connectivity index (χ0n) is 16.3. The summed E-state index contributed by atoms with van der Waals surface area (Å²) in [7, 11) is 0. The SMILES string of the molecule is CC(C)(C)OC(=O)[C@@H]1[C@H](O)CC[C@@H]2CC[C@H]1N2C(=O)OCc1ccccc1. The fourth-order valence-electron chi connectivity index (χ4n) is 4.11. The van der Waals surface area contributed by atoms with E-state index in [-0.39, 0.29) is 18.7 Å². The van der Waals surface area contributed by atoms with Crippen LogP contribution >= 0.6 is 0 Å². The Labute approximate surface area is 160 Å². The summed E-state index contributed by atoms with van der Waals surface area (Å²) >= 11 is 0. The fraction of sp³-hybridized carbons (Fsp3) is 0.619. The molecule has 0 unspecified atom stereocenters. The van der Waals surface area contributed by atoms with Crippen molar-refractivity contribution in [3.63, 3.8) is 0 Å². The highest BCUT2D eigenvalue weighted by Crippen LogP contribution is 2.39. The predicted molar refractivity (Wildman–Crippen MR) is 99.9 cm³/mol. The lowest BCUT2D eigenvalue weighted by Gasteiger charge is -2.33. The maximum atomic E-state index is 12.8. The van der Waals surface area contributed by atoms with E-state index in [9.17, 15) is 14.7 Å². The van der Waals surface area contributed by atoms with E-state index in [2.05, 4.69) is 0 Å². The number of aliphatic hydroxyl groups is 1. The van der Waals surface area contributed by atoms with Crippen LogP contribution in [-0.2, 0) is 20.9 Å². The van der Waals surface area contributed by atoms with E-state index in [1.807, 2.05) is 30.3 Å². The summed E-state index contributed by atoms with van der Waals surface area (Å²) in [6, 6.07) is 9.12. The van der Waals surface area contributed by atoms with Crippen LogP contribution in [0.4, 0.5) is 4.79 Å². The largest absolute Gasteiger partial charge is 0.460 e. The maximum absolute atomic E-state index is 12.8.